The van der Waals surface area contributed by atoms with Gasteiger partial charge in [-0.2, -0.15) is 0 Å². The Hall–Kier alpha value is -0.680. The Morgan fingerprint density at radius 1 is 1.41 bits per heavy atom. The minimum Gasteiger partial charge on any atom is -0.395 e. The van der Waals surface area contributed by atoms with E-state index in [1.807, 2.05) is 4.90 Å². The number of nitrogens with zero attached hydrogens (tertiary/aromatic N) is 1. The van der Waals surface area contributed by atoms with Crippen molar-refractivity contribution in [1.29, 1.82) is 0 Å². The topological polar surface area (TPSA) is 66.6 Å². The molecule has 0 saturated heterocycles. The summed E-state index contributed by atoms with van der Waals surface area (Å²) in [5.41, 5.74) is 5.15. The van der Waals surface area contributed by atoms with E-state index in [-0.39, 0.29) is 12.5 Å². The van der Waals surface area contributed by atoms with Crippen LogP contribution in [0.15, 0.2) is 0 Å². The normalized spacial score (nSPS) is 22.4. The van der Waals surface area contributed by atoms with E-state index in [1.165, 1.54) is 6.42 Å². The van der Waals surface area contributed by atoms with Crippen molar-refractivity contribution in [1.82, 2.24) is 4.90 Å². The largest absolute Gasteiger partial charge is 0.395 e. The van der Waals surface area contributed by atoms with Crippen LogP contribution in [0.25, 0.3) is 0 Å². The molecule has 17 heavy (non-hydrogen) atoms. The molecule has 3 N–H and O–H groups in total. The third-order valence-electron chi connectivity index (χ3n) is 4.21. The van der Waals surface area contributed by atoms with Gasteiger partial charge in [-0.1, -0.05) is 18.6 Å². The SMILES string of the molecule is NC(=S)C1(C(=O)N(CCO)C2CCC2)CCC1. The molecule has 96 valence electrons. The monoisotopic (exact) mass is 256 g/mol. The third-order valence-corrected chi connectivity index (χ3v) is 4.60. The molecule has 2 saturated carbocycles. The zero-order valence-electron chi connectivity index (χ0n) is 10.0. The molecule has 2 rings (SSSR count). The fourth-order valence-electron chi connectivity index (χ4n) is 2.63. The molecule has 2 aliphatic carbocycles. The van der Waals surface area contributed by atoms with Crippen molar-refractivity contribution in [3.05, 3.63) is 0 Å². The van der Waals surface area contributed by atoms with E-state index in [0.717, 1.165) is 32.1 Å². The van der Waals surface area contributed by atoms with Crippen molar-refractivity contribution >= 4 is 23.1 Å². The van der Waals surface area contributed by atoms with Crippen LogP contribution in [-0.4, -0.2) is 40.1 Å². The maximum absolute atomic E-state index is 12.6. The van der Waals surface area contributed by atoms with Crippen LogP contribution in [0, 0.1) is 5.41 Å². The van der Waals surface area contributed by atoms with E-state index in [4.69, 9.17) is 23.1 Å². The van der Waals surface area contributed by atoms with Crippen molar-refractivity contribution in [2.75, 3.05) is 13.2 Å². The number of hydrogen-bond acceptors (Lipinski definition) is 3. The average Bonchev–Trinajstić information content (AvgIpc) is 2.11. The van der Waals surface area contributed by atoms with Gasteiger partial charge in [0.2, 0.25) is 5.91 Å². The Bertz CT molecular complexity index is 324. The summed E-state index contributed by atoms with van der Waals surface area (Å²) in [7, 11) is 0. The third kappa shape index (κ3) is 2.06. The fourth-order valence-corrected chi connectivity index (χ4v) is 2.92. The Kier molecular flexibility index (Phi) is 3.68. The van der Waals surface area contributed by atoms with Gasteiger partial charge in [-0.3, -0.25) is 4.79 Å². The lowest BCUT2D eigenvalue weighted by Gasteiger charge is -2.46. The molecule has 2 fully saturated rings. The van der Waals surface area contributed by atoms with Crippen molar-refractivity contribution in [3.8, 4) is 0 Å². The van der Waals surface area contributed by atoms with Crippen LogP contribution < -0.4 is 5.73 Å². The number of carbonyl (C=O) groups is 1. The minimum atomic E-state index is -0.597. The Morgan fingerprint density at radius 2 is 2.06 bits per heavy atom. The second kappa shape index (κ2) is 4.90. The predicted octanol–water partition coefficient (Wildman–Crippen LogP) is 0.816. The Morgan fingerprint density at radius 3 is 2.35 bits per heavy atom. The van der Waals surface area contributed by atoms with E-state index in [2.05, 4.69) is 0 Å². The summed E-state index contributed by atoms with van der Waals surface area (Å²) < 4.78 is 0. The summed E-state index contributed by atoms with van der Waals surface area (Å²) >= 11 is 5.07. The first-order valence-electron chi connectivity index (χ1n) is 6.33. The molecular weight excluding hydrogens is 236 g/mol. The molecule has 0 aromatic carbocycles. The number of rotatable bonds is 5. The zero-order valence-corrected chi connectivity index (χ0v) is 10.8. The first kappa shape index (κ1) is 12.8. The smallest absolute Gasteiger partial charge is 0.235 e. The molecule has 0 heterocycles. The summed E-state index contributed by atoms with van der Waals surface area (Å²) in [5, 5.41) is 9.09. The molecule has 0 aliphatic heterocycles. The highest BCUT2D eigenvalue weighted by molar-refractivity contribution is 7.80. The highest BCUT2D eigenvalue weighted by atomic mass is 32.1. The number of aliphatic hydroxyl groups excluding tert-OH is 1. The van der Waals surface area contributed by atoms with Gasteiger partial charge in [-0.25, -0.2) is 0 Å². The van der Waals surface area contributed by atoms with Crippen LogP contribution in [0.5, 0.6) is 0 Å². The number of aliphatic hydroxyl groups is 1. The van der Waals surface area contributed by atoms with Crippen LogP contribution in [0.3, 0.4) is 0 Å². The first-order chi connectivity index (χ1) is 8.12. The molecule has 4 nitrogen and oxygen atoms in total. The summed E-state index contributed by atoms with van der Waals surface area (Å²) in [6, 6.07) is 0.293. The number of thiocarbonyl (C=S) groups is 1. The molecule has 2 aliphatic rings. The minimum absolute atomic E-state index is 0.00958. The molecule has 1 amide bonds. The van der Waals surface area contributed by atoms with Gasteiger partial charge < -0.3 is 15.7 Å². The lowest BCUT2D eigenvalue weighted by atomic mass is 9.67. The molecular formula is C12H20N2O2S. The van der Waals surface area contributed by atoms with Crippen molar-refractivity contribution in [2.24, 2.45) is 11.1 Å². The molecule has 0 radical (unpaired) electrons. The zero-order chi connectivity index (χ0) is 12.5. The lowest BCUT2D eigenvalue weighted by molar-refractivity contribution is -0.146. The highest BCUT2D eigenvalue weighted by Gasteiger charge is 2.50. The van der Waals surface area contributed by atoms with Crippen molar-refractivity contribution in [3.63, 3.8) is 0 Å². The average molecular weight is 256 g/mol. The highest BCUT2D eigenvalue weighted by Crippen LogP contribution is 2.44. The maximum Gasteiger partial charge on any atom is 0.235 e. The van der Waals surface area contributed by atoms with E-state index in [9.17, 15) is 4.79 Å². The second-order valence-electron chi connectivity index (χ2n) is 5.11. The summed E-state index contributed by atoms with van der Waals surface area (Å²) in [4.78, 5) is 14.7. The summed E-state index contributed by atoms with van der Waals surface area (Å²) in [6.07, 6.45) is 5.81. The Balaban J connectivity index is 2.11. The van der Waals surface area contributed by atoms with Gasteiger partial charge in [-0.05, 0) is 32.1 Å². The first-order valence-corrected chi connectivity index (χ1v) is 6.74. The quantitative estimate of drug-likeness (QED) is 0.715. The maximum atomic E-state index is 12.6. The van der Waals surface area contributed by atoms with Gasteiger partial charge in [0.05, 0.1) is 17.0 Å². The predicted molar refractivity (Wildman–Crippen MR) is 69.5 cm³/mol. The molecule has 0 spiro atoms. The lowest BCUT2D eigenvalue weighted by Crippen LogP contribution is -2.58. The molecule has 0 aromatic rings. The summed E-state index contributed by atoms with van der Waals surface area (Å²) in [6.45, 7) is 0.420. The van der Waals surface area contributed by atoms with Crippen molar-refractivity contribution < 1.29 is 9.90 Å². The van der Waals surface area contributed by atoms with Crippen LogP contribution >= 0.6 is 12.2 Å². The van der Waals surface area contributed by atoms with Gasteiger partial charge >= 0.3 is 0 Å². The number of amides is 1. The van der Waals surface area contributed by atoms with Crippen molar-refractivity contribution in [2.45, 2.75) is 44.6 Å². The fraction of sp³-hybridized carbons (Fsp3) is 0.833. The van der Waals surface area contributed by atoms with Gasteiger partial charge in [0.25, 0.3) is 0 Å². The van der Waals surface area contributed by atoms with Gasteiger partial charge in [0, 0.05) is 12.6 Å². The molecule has 0 atom stereocenters. The molecule has 0 unspecified atom stereocenters. The van der Waals surface area contributed by atoms with Crippen LogP contribution in [0.2, 0.25) is 0 Å². The van der Waals surface area contributed by atoms with Crippen LogP contribution in [0.1, 0.15) is 38.5 Å². The van der Waals surface area contributed by atoms with E-state index < -0.39 is 5.41 Å². The summed E-state index contributed by atoms with van der Waals surface area (Å²) in [5.74, 6) is 0.0509. The molecule has 5 heteroatoms. The van der Waals surface area contributed by atoms with Crippen LogP contribution in [0.4, 0.5) is 0 Å². The number of carbonyl (C=O) groups excluding carboxylic acids is 1. The van der Waals surface area contributed by atoms with Crippen LogP contribution in [-0.2, 0) is 4.79 Å². The van der Waals surface area contributed by atoms with Gasteiger partial charge in [0.15, 0.2) is 0 Å². The van der Waals surface area contributed by atoms with Gasteiger partial charge in [0.1, 0.15) is 0 Å². The second-order valence-corrected chi connectivity index (χ2v) is 5.55. The standard InChI is InChI=1S/C12H20N2O2S/c13-10(17)12(5-2-6-12)11(16)14(7-8-15)9-3-1-4-9/h9,15H,1-8H2,(H2,13,17). The van der Waals surface area contributed by atoms with E-state index in [0.29, 0.717) is 17.6 Å². The number of hydrogen-bond donors (Lipinski definition) is 2. The molecule has 0 aromatic heterocycles. The Labute approximate surface area is 107 Å². The van der Waals surface area contributed by atoms with Gasteiger partial charge in [-0.15, -0.1) is 0 Å². The number of nitrogens with two attached hydrogens (primary N) is 1. The molecule has 0 bridgehead atoms. The van der Waals surface area contributed by atoms with E-state index >= 15 is 0 Å². The van der Waals surface area contributed by atoms with E-state index in [1.54, 1.807) is 0 Å².